The molecule has 0 saturated heterocycles. The molecule has 1 N–H and O–H groups in total. The Balaban J connectivity index is 1.49. The summed E-state index contributed by atoms with van der Waals surface area (Å²) < 4.78 is 7.58. The van der Waals surface area contributed by atoms with E-state index < -0.39 is 0 Å². The molecule has 1 atom stereocenters. The molecule has 138 valence electrons. The number of amides is 1. The number of aromatic nitrogens is 2. The third kappa shape index (κ3) is 5.25. The Hall–Kier alpha value is -1.51. The summed E-state index contributed by atoms with van der Waals surface area (Å²) in [5.74, 6) is 2.66. The van der Waals surface area contributed by atoms with Gasteiger partial charge >= 0.3 is 0 Å². The summed E-state index contributed by atoms with van der Waals surface area (Å²) in [5.41, 5.74) is 0.832. The molecule has 0 aliphatic rings. The summed E-state index contributed by atoms with van der Waals surface area (Å²) in [6, 6.07) is 9.62. The van der Waals surface area contributed by atoms with Crippen LogP contribution in [0.3, 0.4) is 0 Å². The standard InChI is InChI=1S/C18H21N3O2S3/c1-11(2)9-24-17-20-21-18(26-17)25-10-16(22)19-12(3)15-8-13-6-4-5-7-14(13)23-15/h4-8,11-12H,9-10H2,1-3H3,(H,19,22)/t12-/m0/s1. The summed E-state index contributed by atoms with van der Waals surface area (Å²) >= 11 is 4.67. The lowest BCUT2D eigenvalue weighted by Crippen LogP contribution is -2.27. The van der Waals surface area contributed by atoms with E-state index in [4.69, 9.17) is 4.42 Å². The first-order valence-electron chi connectivity index (χ1n) is 8.38. The van der Waals surface area contributed by atoms with Crippen molar-refractivity contribution in [2.45, 2.75) is 35.5 Å². The molecule has 0 saturated carbocycles. The van der Waals surface area contributed by atoms with E-state index in [1.165, 1.54) is 11.8 Å². The lowest BCUT2D eigenvalue weighted by atomic mass is 10.2. The number of para-hydroxylation sites is 1. The number of carbonyl (C=O) groups is 1. The fourth-order valence-electron chi connectivity index (χ4n) is 2.25. The smallest absolute Gasteiger partial charge is 0.231 e. The van der Waals surface area contributed by atoms with Gasteiger partial charge in [0.15, 0.2) is 8.68 Å². The Morgan fingerprint density at radius 1 is 1.19 bits per heavy atom. The highest BCUT2D eigenvalue weighted by Crippen LogP contribution is 2.30. The third-order valence-electron chi connectivity index (χ3n) is 3.50. The van der Waals surface area contributed by atoms with Crippen LogP contribution >= 0.6 is 34.9 Å². The van der Waals surface area contributed by atoms with Crippen molar-refractivity contribution in [3.63, 3.8) is 0 Å². The molecule has 2 heterocycles. The quantitative estimate of drug-likeness (QED) is 0.530. The van der Waals surface area contributed by atoms with Crippen molar-refractivity contribution in [1.82, 2.24) is 15.5 Å². The Labute approximate surface area is 165 Å². The van der Waals surface area contributed by atoms with Gasteiger partial charge in [-0.1, -0.05) is 66.9 Å². The zero-order chi connectivity index (χ0) is 18.5. The number of benzene rings is 1. The molecule has 0 aliphatic heterocycles. The molecule has 1 amide bonds. The number of thioether (sulfide) groups is 2. The number of fused-ring (bicyclic) bond motifs is 1. The van der Waals surface area contributed by atoms with Gasteiger partial charge in [0.2, 0.25) is 5.91 Å². The maximum absolute atomic E-state index is 12.2. The average Bonchev–Trinajstić information content (AvgIpc) is 3.24. The highest BCUT2D eigenvalue weighted by atomic mass is 32.2. The monoisotopic (exact) mass is 407 g/mol. The van der Waals surface area contributed by atoms with Crippen LogP contribution in [0.15, 0.2) is 43.4 Å². The average molecular weight is 408 g/mol. The molecular weight excluding hydrogens is 386 g/mol. The maximum Gasteiger partial charge on any atom is 0.231 e. The topological polar surface area (TPSA) is 68.0 Å². The second-order valence-electron chi connectivity index (χ2n) is 6.30. The molecule has 0 spiro atoms. The van der Waals surface area contributed by atoms with Crippen LogP contribution in [0, 0.1) is 5.92 Å². The largest absolute Gasteiger partial charge is 0.459 e. The van der Waals surface area contributed by atoms with Gasteiger partial charge in [-0.15, -0.1) is 10.2 Å². The van der Waals surface area contributed by atoms with E-state index in [0.29, 0.717) is 11.7 Å². The van der Waals surface area contributed by atoms with E-state index in [1.807, 2.05) is 37.3 Å². The normalized spacial score (nSPS) is 12.6. The van der Waals surface area contributed by atoms with E-state index >= 15 is 0 Å². The van der Waals surface area contributed by atoms with Gasteiger partial charge in [0.05, 0.1) is 11.8 Å². The zero-order valence-corrected chi connectivity index (χ0v) is 17.3. The minimum absolute atomic E-state index is 0.0467. The summed E-state index contributed by atoms with van der Waals surface area (Å²) in [7, 11) is 0. The molecule has 0 fully saturated rings. The third-order valence-corrected chi connectivity index (χ3v) is 7.12. The first kappa shape index (κ1) is 19.3. The second kappa shape index (κ2) is 8.92. The highest BCUT2D eigenvalue weighted by Gasteiger charge is 2.15. The molecule has 0 radical (unpaired) electrons. The minimum atomic E-state index is -0.179. The lowest BCUT2D eigenvalue weighted by Gasteiger charge is -2.10. The number of rotatable bonds is 8. The fourth-order valence-corrected chi connectivity index (χ4v) is 5.06. The fraction of sp³-hybridized carbons (Fsp3) is 0.389. The van der Waals surface area contributed by atoms with Gasteiger partial charge in [-0.05, 0) is 25.0 Å². The van der Waals surface area contributed by atoms with Crippen molar-refractivity contribution in [2.24, 2.45) is 5.92 Å². The Morgan fingerprint density at radius 2 is 1.92 bits per heavy atom. The van der Waals surface area contributed by atoms with E-state index in [2.05, 4.69) is 29.4 Å². The van der Waals surface area contributed by atoms with Gasteiger partial charge < -0.3 is 9.73 Å². The van der Waals surface area contributed by atoms with Crippen LogP contribution in [0.4, 0.5) is 0 Å². The lowest BCUT2D eigenvalue weighted by molar-refractivity contribution is -0.119. The molecule has 0 bridgehead atoms. The second-order valence-corrected chi connectivity index (χ2v) is 9.77. The predicted octanol–water partition coefficient (Wildman–Crippen LogP) is 5.00. The maximum atomic E-state index is 12.2. The van der Waals surface area contributed by atoms with Crippen molar-refractivity contribution in [2.75, 3.05) is 11.5 Å². The van der Waals surface area contributed by atoms with Crippen LogP contribution in [0.2, 0.25) is 0 Å². The zero-order valence-electron chi connectivity index (χ0n) is 14.9. The Kier molecular flexibility index (Phi) is 6.61. The first-order chi connectivity index (χ1) is 12.5. The highest BCUT2D eigenvalue weighted by molar-refractivity contribution is 8.03. The molecular formula is C18H21N3O2S3. The SMILES string of the molecule is CC(C)CSc1nnc(SCC(=O)N[C@@H](C)c2cc3ccccc3o2)s1. The van der Waals surface area contributed by atoms with E-state index in [0.717, 1.165) is 31.2 Å². The van der Waals surface area contributed by atoms with Crippen molar-refractivity contribution < 1.29 is 9.21 Å². The molecule has 3 rings (SSSR count). The molecule has 0 unspecified atom stereocenters. The molecule has 2 aromatic heterocycles. The van der Waals surface area contributed by atoms with Gasteiger partial charge in [-0.3, -0.25) is 4.79 Å². The van der Waals surface area contributed by atoms with Crippen molar-refractivity contribution in [3.8, 4) is 0 Å². The summed E-state index contributed by atoms with van der Waals surface area (Å²) in [4.78, 5) is 12.2. The summed E-state index contributed by atoms with van der Waals surface area (Å²) in [6.07, 6.45) is 0. The van der Waals surface area contributed by atoms with Gasteiger partial charge in [0, 0.05) is 11.1 Å². The van der Waals surface area contributed by atoms with Crippen LogP contribution in [-0.4, -0.2) is 27.6 Å². The van der Waals surface area contributed by atoms with Crippen LogP contribution in [0.1, 0.15) is 32.6 Å². The van der Waals surface area contributed by atoms with Crippen LogP contribution in [-0.2, 0) is 4.79 Å². The van der Waals surface area contributed by atoms with E-state index in [-0.39, 0.29) is 11.9 Å². The van der Waals surface area contributed by atoms with Crippen molar-refractivity contribution in [1.29, 1.82) is 0 Å². The Bertz CT molecular complexity index is 842. The van der Waals surface area contributed by atoms with Gasteiger partial charge in [-0.25, -0.2) is 0 Å². The summed E-state index contributed by atoms with van der Waals surface area (Å²) in [6.45, 7) is 6.28. The van der Waals surface area contributed by atoms with Gasteiger partial charge in [0.1, 0.15) is 11.3 Å². The molecule has 8 heteroatoms. The number of nitrogens with zero attached hydrogens (tertiary/aromatic N) is 2. The minimum Gasteiger partial charge on any atom is -0.459 e. The predicted molar refractivity (Wildman–Crippen MR) is 109 cm³/mol. The van der Waals surface area contributed by atoms with E-state index in [9.17, 15) is 4.79 Å². The summed E-state index contributed by atoms with van der Waals surface area (Å²) in [5, 5.41) is 12.3. The van der Waals surface area contributed by atoms with Crippen molar-refractivity contribution >= 4 is 51.7 Å². The molecule has 5 nitrogen and oxygen atoms in total. The number of hydrogen-bond acceptors (Lipinski definition) is 7. The van der Waals surface area contributed by atoms with Gasteiger partial charge in [0.25, 0.3) is 0 Å². The van der Waals surface area contributed by atoms with Crippen molar-refractivity contribution in [3.05, 3.63) is 36.1 Å². The molecule has 3 aromatic rings. The molecule has 0 aliphatic carbocycles. The van der Waals surface area contributed by atoms with Crippen LogP contribution in [0.25, 0.3) is 11.0 Å². The van der Waals surface area contributed by atoms with Crippen LogP contribution in [0.5, 0.6) is 0 Å². The Morgan fingerprint density at radius 3 is 2.65 bits per heavy atom. The molecule has 26 heavy (non-hydrogen) atoms. The van der Waals surface area contributed by atoms with E-state index in [1.54, 1.807) is 23.1 Å². The van der Waals surface area contributed by atoms with Gasteiger partial charge in [-0.2, -0.15) is 0 Å². The number of nitrogens with one attached hydrogen (secondary N) is 1. The first-order valence-corrected chi connectivity index (χ1v) is 11.2. The number of hydrogen-bond donors (Lipinski definition) is 1. The number of carbonyl (C=O) groups excluding carboxylic acids is 1. The van der Waals surface area contributed by atoms with Crippen LogP contribution < -0.4 is 5.32 Å². The number of furan rings is 1. The molecule has 1 aromatic carbocycles.